The van der Waals surface area contributed by atoms with Gasteiger partial charge in [-0.15, -0.1) is 10.2 Å². The number of allylic oxidation sites excluding steroid dienone is 1. The number of likely N-dealkylation sites (tertiary alicyclic amines) is 1. The van der Waals surface area contributed by atoms with Gasteiger partial charge in [-0.3, -0.25) is 9.72 Å². The minimum absolute atomic E-state index is 0.151. The lowest BCUT2D eigenvalue weighted by molar-refractivity contribution is 0.171. The molecule has 3 heterocycles. The SMILES string of the molecule is Cc1ccc(N=C(C=C(N)C(C)(C)C)NC(=O)N[C@H]2CC[C@@H](Oc3ccc4nnc(CC5CCN(C)CC5)n4c3)c3ccccc32)cc1. The van der Waals surface area contributed by atoms with Crippen LogP contribution in [0.15, 0.2) is 83.6 Å². The molecular formula is C38H48N8O2. The normalized spacial score (nSPS) is 19.6. The fraction of sp³-hybridized carbons (Fsp3) is 0.421. The summed E-state index contributed by atoms with van der Waals surface area (Å²) < 4.78 is 8.71. The van der Waals surface area contributed by atoms with Crippen LogP contribution in [0.2, 0.25) is 0 Å². The fourth-order valence-electron chi connectivity index (χ4n) is 6.37. The van der Waals surface area contributed by atoms with E-state index in [2.05, 4.69) is 49.3 Å². The number of pyridine rings is 1. The first kappa shape index (κ1) is 33.2. The number of piperidine rings is 1. The van der Waals surface area contributed by atoms with Crippen LogP contribution in [0.4, 0.5) is 10.5 Å². The summed E-state index contributed by atoms with van der Waals surface area (Å²) in [7, 11) is 2.18. The van der Waals surface area contributed by atoms with Crippen LogP contribution in [0, 0.1) is 18.3 Å². The summed E-state index contributed by atoms with van der Waals surface area (Å²) in [5.41, 5.74) is 11.5. The highest BCUT2D eigenvalue weighted by molar-refractivity contribution is 6.05. The quantitative estimate of drug-likeness (QED) is 0.150. The number of hydrogen-bond acceptors (Lipinski definition) is 7. The van der Waals surface area contributed by atoms with E-state index in [-0.39, 0.29) is 23.6 Å². The van der Waals surface area contributed by atoms with Crippen molar-refractivity contribution in [2.45, 2.75) is 71.9 Å². The number of aliphatic imine (C=N–C) groups is 1. The van der Waals surface area contributed by atoms with Crippen molar-refractivity contribution in [3.05, 3.63) is 101 Å². The first-order valence-electron chi connectivity index (χ1n) is 17.0. The van der Waals surface area contributed by atoms with Gasteiger partial charge in [0.25, 0.3) is 0 Å². The van der Waals surface area contributed by atoms with E-state index in [1.54, 1.807) is 6.08 Å². The molecule has 1 saturated heterocycles. The van der Waals surface area contributed by atoms with Gasteiger partial charge in [-0.1, -0.05) is 62.7 Å². The van der Waals surface area contributed by atoms with Gasteiger partial charge in [0.2, 0.25) is 0 Å². The Balaban J connectivity index is 1.16. The minimum atomic E-state index is -0.340. The molecular weight excluding hydrogens is 600 g/mol. The van der Waals surface area contributed by atoms with Gasteiger partial charge < -0.3 is 20.7 Å². The number of amides is 2. The second-order valence-corrected chi connectivity index (χ2v) is 14.3. The third-order valence-corrected chi connectivity index (χ3v) is 9.46. The Labute approximate surface area is 283 Å². The maximum absolute atomic E-state index is 13.4. The molecule has 4 N–H and O–H groups in total. The van der Waals surface area contributed by atoms with Crippen molar-refractivity contribution >= 4 is 23.2 Å². The fourth-order valence-corrected chi connectivity index (χ4v) is 6.37. The van der Waals surface area contributed by atoms with Gasteiger partial charge in [0.15, 0.2) is 5.65 Å². The largest absolute Gasteiger partial charge is 0.484 e. The van der Waals surface area contributed by atoms with Crippen LogP contribution in [0.25, 0.3) is 5.65 Å². The summed E-state index contributed by atoms with van der Waals surface area (Å²) in [6, 6.07) is 19.4. The smallest absolute Gasteiger partial charge is 0.320 e. The van der Waals surface area contributed by atoms with Crippen molar-refractivity contribution in [1.29, 1.82) is 0 Å². The molecule has 2 aliphatic rings. The zero-order valence-corrected chi connectivity index (χ0v) is 28.7. The topological polar surface area (TPSA) is 122 Å². The first-order chi connectivity index (χ1) is 23.0. The predicted octanol–water partition coefficient (Wildman–Crippen LogP) is 6.80. The van der Waals surface area contributed by atoms with E-state index in [1.807, 2.05) is 82.4 Å². The van der Waals surface area contributed by atoms with Crippen molar-refractivity contribution in [1.82, 2.24) is 30.1 Å². The van der Waals surface area contributed by atoms with Gasteiger partial charge in [0.1, 0.15) is 23.5 Å². The van der Waals surface area contributed by atoms with Crippen molar-refractivity contribution in [3.63, 3.8) is 0 Å². The van der Waals surface area contributed by atoms with Gasteiger partial charge in [-0.05, 0) is 94.1 Å². The number of nitrogens with two attached hydrogens (primary N) is 1. The predicted molar refractivity (Wildman–Crippen MR) is 190 cm³/mol. The molecule has 1 fully saturated rings. The third-order valence-electron chi connectivity index (χ3n) is 9.46. The lowest BCUT2D eigenvalue weighted by Gasteiger charge is -2.32. The van der Waals surface area contributed by atoms with Crippen LogP contribution in [-0.4, -0.2) is 51.5 Å². The number of hydrogen-bond donors (Lipinski definition) is 3. The Morgan fingerprint density at radius 1 is 1.00 bits per heavy atom. The van der Waals surface area contributed by atoms with Crippen molar-refractivity contribution in [2.75, 3.05) is 20.1 Å². The summed E-state index contributed by atoms with van der Waals surface area (Å²) in [5, 5.41) is 15.1. The lowest BCUT2D eigenvalue weighted by Crippen LogP contribution is -2.42. The minimum Gasteiger partial charge on any atom is -0.484 e. The molecule has 6 rings (SSSR count). The van der Waals surface area contributed by atoms with Crippen LogP contribution in [0.3, 0.4) is 0 Å². The van der Waals surface area contributed by atoms with Crippen LogP contribution in [0.1, 0.15) is 81.1 Å². The van der Waals surface area contributed by atoms with E-state index >= 15 is 0 Å². The molecule has 2 atom stereocenters. The summed E-state index contributed by atoms with van der Waals surface area (Å²) in [4.78, 5) is 20.5. The Morgan fingerprint density at radius 3 is 2.46 bits per heavy atom. The summed E-state index contributed by atoms with van der Waals surface area (Å²) in [6.07, 6.45) is 8.33. The molecule has 48 heavy (non-hydrogen) atoms. The molecule has 0 spiro atoms. The van der Waals surface area contributed by atoms with E-state index in [1.165, 1.54) is 12.8 Å². The van der Waals surface area contributed by atoms with E-state index in [4.69, 9.17) is 15.5 Å². The van der Waals surface area contributed by atoms with Crippen LogP contribution < -0.4 is 21.1 Å². The molecule has 10 heteroatoms. The molecule has 1 aliphatic heterocycles. The number of urea groups is 1. The molecule has 2 aromatic carbocycles. The Kier molecular flexibility index (Phi) is 9.82. The zero-order valence-electron chi connectivity index (χ0n) is 28.7. The molecule has 0 saturated carbocycles. The molecule has 252 valence electrons. The monoisotopic (exact) mass is 648 g/mol. The molecule has 2 amide bonds. The Morgan fingerprint density at radius 2 is 1.73 bits per heavy atom. The average Bonchev–Trinajstić information content (AvgIpc) is 3.45. The summed E-state index contributed by atoms with van der Waals surface area (Å²) >= 11 is 0. The average molecular weight is 649 g/mol. The molecule has 10 nitrogen and oxygen atoms in total. The maximum Gasteiger partial charge on any atom is 0.320 e. The van der Waals surface area contributed by atoms with Crippen LogP contribution in [-0.2, 0) is 6.42 Å². The number of nitrogens with zero attached hydrogens (tertiary/aromatic N) is 5. The number of fused-ring (bicyclic) bond motifs is 2. The second-order valence-electron chi connectivity index (χ2n) is 14.3. The van der Waals surface area contributed by atoms with Gasteiger partial charge in [0, 0.05) is 23.6 Å². The van der Waals surface area contributed by atoms with Crippen molar-refractivity contribution < 1.29 is 9.53 Å². The van der Waals surface area contributed by atoms with E-state index in [0.29, 0.717) is 17.5 Å². The molecule has 0 bridgehead atoms. The number of amidine groups is 1. The standard InChI is InChI=1S/C38H48N8O2/c1-25-10-12-27(13-11-25)40-34(23-33(39)38(2,3)4)42-37(47)41-31-15-16-32(30-9-7-6-8-29(30)31)48-28-14-17-35-43-44-36(46(35)24-28)22-26-18-20-45(5)21-19-26/h6-14,17,23-24,26,31-32H,15-16,18-22,39H2,1-5H3,(H2,40,41,42,47)/t31-,32+/m0/s1. The van der Waals surface area contributed by atoms with Crippen molar-refractivity contribution in [3.8, 4) is 5.75 Å². The third kappa shape index (κ3) is 8.05. The number of rotatable bonds is 7. The van der Waals surface area contributed by atoms with Crippen LogP contribution in [0.5, 0.6) is 5.75 Å². The first-order valence-corrected chi connectivity index (χ1v) is 17.0. The van der Waals surface area contributed by atoms with Crippen LogP contribution >= 0.6 is 0 Å². The molecule has 4 aromatic rings. The number of carbonyl (C=O) groups excluding carboxylic acids is 1. The van der Waals surface area contributed by atoms with Gasteiger partial charge in [-0.2, -0.15) is 0 Å². The summed E-state index contributed by atoms with van der Waals surface area (Å²) in [6.45, 7) is 10.4. The van der Waals surface area contributed by atoms with Gasteiger partial charge in [0.05, 0.1) is 17.9 Å². The Bertz CT molecular complexity index is 1800. The highest BCUT2D eigenvalue weighted by Crippen LogP contribution is 2.39. The number of ether oxygens (including phenoxy) is 1. The Hall–Kier alpha value is -4.70. The molecule has 0 unspecified atom stereocenters. The lowest BCUT2D eigenvalue weighted by atomic mass is 9.85. The van der Waals surface area contributed by atoms with Crippen molar-refractivity contribution in [2.24, 2.45) is 22.1 Å². The number of benzene rings is 2. The number of carbonyl (C=O) groups is 1. The molecule has 2 aromatic heterocycles. The summed E-state index contributed by atoms with van der Waals surface area (Å²) in [5.74, 6) is 2.75. The molecule has 1 aliphatic carbocycles. The number of nitrogens with one attached hydrogen (secondary N) is 2. The molecule has 0 radical (unpaired) electrons. The maximum atomic E-state index is 13.4. The van der Waals surface area contributed by atoms with E-state index < -0.39 is 0 Å². The van der Waals surface area contributed by atoms with Gasteiger partial charge in [-0.25, -0.2) is 9.79 Å². The second kappa shape index (κ2) is 14.2. The number of aryl methyl sites for hydroxylation is 1. The van der Waals surface area contributed by atoms with Gasteiger partial charge >= 0.3 is 6.03 Å². The van der Waals surface area contributed by atoms with E-state index in [0.717, 1.165) is 72.0 Å². The zero-order chi connectivity index (χ0) is 33.8. The van der Waals surface area contributed by atoms with E-state index in [9.17, 15) is 4.79 Å². The number of aromatic nitrogens is 3. The highest BCUT2D eigenvalue weighted by Gasteiger charge is 2.30. The highest BCUT2D eigenvalue weighted by atomic mass is 16.5.